The summed E-state index contributed by atoms with van der Waals surface area (Å²) in [4.78, 5) is 9.72. The molecule has 0 fully saturated rings. The van der Waals surface area contributed by atoms with Gasteiger partial charge in [-0.3, -0.25) is 0 Å². The minimum atomic E-state index is -3.74. The molecule has 4 aromatic rings. The van der Waals surface area contributed by atoms with Crippen molar-refractivity contribution in [2.24, 2.45) is 5.14 Å². The van der Waals surface area contributed by atoms with Crippen molar-refractivity contribution in [1.29, 1.82) is 0 Å². The van der Waals surface area contributed by atoms with Crippen LogP contribution in [0.15, 0.2) is 52.7 Å². The number of sulfonamides is 1. The van der Waals surface area contributed by atoms with Crippen molar-refractivity contribution >= 4 is 72.5 Å². The van der Waals surface area contributed by atoms with Crippen molar-refractivity contribution in [3.05, 3.63) is 57.9 Å². The molecule has 30 heavy (non-hydrogen) atoms. The summed E-state index contributed by atoms with van der Waals surface area (Å²) >= 11 is 15.0. The zero-order chi connectivity index (χ0) is 21.5. The van der Waals surface area contributed by atoms with Crippen LogP contribution in [0.25, 0.3) is 21.1 Å². The van der Waals surface area contributed by atoms with Gasteiger partial charge in [-0.05, 0) is 42.5 Å². The Kier molecular flexibility index (Phi) is 5.71. The van der Waals surface area contributed by atoms with Gasteiger partial charge in [0.05, 0.1) is 15.6 Å². The molecule has 0 amide bonds. The molecule has 2 heterocycles. The second-order valence-electron chi connectivity index (χ2n) is 6.09. The van der Waals surface area contributed by atoms with Gasteiger partial charge in [0.1, 0.15) is 15.7 Å². The number of hydrogen-bond donors (Lipinski definition) is 3. The summed E-state index contributed by atoms with van der Waals surface area (Å²) in [7, 11) is -3.74. The molecule has 7 nitrogen and oxygen atoms in total. The number of primary sulfonamides is 1. The van der Waals surface area contributed by atoms with E-state index in [2.05, 4.69) is 15.3 Å². The van der Waals surface area contributed by atoms with Gasteiger partial charge in [0.15, 0.2) is 5.13 Å². The van der Waals surface area contributed by atoms with Crippen molar-refractivity contribution in [2.45, 2.75) is 4.90 Å². The van der Waals surface area contributed by atoms with Gasteiger partial charge in [-0.25, -0.2) is 23.5 Å². The molecule has 0 spiro atoms. The summed E-state index contributed by atoms with van der Waals surface area (Å²) in [6.07, 6.45) is 0. The van der Waals surface area contributed by atoms with Crippen molar-refractivity contribution < 1.29 is 8.42 Å². The van der Waals surface area contributed by atoms with Crippen LogP contribution in [0, 0.1) is 0 Å². The predicted octanol–water partition coefficient (Wildman–Crippen LogP) is 5.21. The Morgan fingerprint density at radius 3 is 2.43 bits per heavy atom. The van der Waals surface area contributed by atoms with Gasteiger partial charge in [-0.1, -0.05) is 34.5 Å². The zero-order valence-corrected chi connectivity index (χ0v) is 18.9. The maximum absolute atomic E-state index is 11.4. The van der Waals surface area contributed by atoms with Gasteiger partial charge in [0.25, 0.3) is 0 Å². The van der Waals surface area contributed by atoms with Crippen LogP contribution in [-0.2, 0) is 10.0 Å². The lowest BCUT2D eigenvalue weighted by Crippen LogP contribution is -2.11. The molecule has 0 atom stereocenters. The minimum absolute atomic E-state index is 0.0311. The number of thiazole rings is 2. The average Bonchev–Trinajstić information content (AvgIpc) is 3.28. The van der Waals surface area contributed by atoms with Crippen LogP contribution in [0.1, 0.15) is 0 Å². The molecule has 154 valence electrons. The van der Waals surface area contributed by atoms with Crippen LogP contribution < -0.4 is 16.2 Å². The molecule has 0 aliphatic heterocycles. The van der Waals surface area contributed by atoms with E-state index in [1.165, 1.54) is 34.8 Å². The lowest BCUT2D eigenvalue weighted by atomic mass is 10.2. The summed E-state index contributed by atoms with van der Waals surface area (Å²) in [5.74, 6) is 0.340. The monoisotopic (exact) mass is 497 g/mol. The Balaban J connectivity index is 1.58. The van der Waals surface area contributed by atoms with Gasteiger partial charge in [0, 0.05) is 21.7 Å². The number of benzene rings is 2. The lowest BCUT2D eigenvalue weighted by molar-refractivity contribution is 0.598. The number of rotatable bonds is 5. The second-order valence-corrected chi connectivity index (χ2v) is 10.4. The lowest BCUT2D eigenvalue weighted by Gasteiger charge is -2.03. The Hall–Kier alpha value is -2.21. The van der Waals surface area contributed by atoms with E-state index in [1.54, 1.807) is 24.3 Å². The maximum Gasteiger partial charge on any atom is 0.238 e. The zero-order valence-electron chi connectivity index (χ0n) is 15.0. The molecule has 2 aromatic heterocycles. The quantitative estimate of drug-likeness (QED) is 0.347. The van der Waals surface area contributed by atoms with E-state index < -0.39 is 10.0 Å². The summed E-state index contributed by atoms with van der Waals surface area (Å²) in [6, 6.07) is 11.3. The molecule has 0 unspecified atom stereocenters. The van der Waals surface area contributed by atoms with Gasteiger partial charge >= 0.3 is 0 Å². The number of nitrogens with zero attached hydrogens (tertiary/aromatic N) is 2. The first kappa shape index (κ1) is 21.0. The van der Waals surface area contributed by atoms with Crippen molar-refractivity contribution in [3.63, 3.8) is 0 Å². The maximum atomic E-state index is 11.4. The molecule has 0 aliphatic carbocycles. The third-order valence-electron chi connectivity index (χ3n) is 3.99. The molecular weight excluding hydrogens is 485 g/mol. The van der Waals surface area contributed by atoms with Crippen molar-refractivity contribution in [3.8, 4) is 21.1 Å². The van der Waals surface area contributed by atoms with Crippen LogP contribution in [0.2, 0.25) is 10.0 Å². The SMILES string of the molecule is Nc1nc(Nc2ccc(S(N)(=O)=O)cc2)sc1-c1nc(-c2ccc(Cl)cc2Cl)cs1. The van der Waals surface area contributed by atoms with E-state index in [4.69, 9.17) is 34.1 Å². The van der Waals surface area contributed by atoms with Gasteiger partial charge in [-0.15, -0.1) is 11.3 Å². The molecule has 0 saturated heterocycles. The van der Waals surface area contributed by atoms with Gasteiger partial charge in [0.2, 0.25) is 10.0 Å². The van der Waals surface area contributed by atoms with Crippen LogP contribution in [0.5, 0.6) is 0 Å². The normalized spacial score (nSPS) is 11.6. The number of nitrogens with one attached hydrogen (secondary N) is 1. The molecule has 2 aromatic carbocycles. The van der Waals surface area contributed by atoms with Gasteiger partial charge < -0.3 is 11.1 Å². The second kappa shape index (κ2) is 8.14. The summed E-state index contributed by atoms with van der Waals surface area (Å²) in [6.45, 7) is 0. The highest BCUT2D eigenvalue weighted by atomic mass is 35.5. The van der Waals surface area contributed by atoms with E-state index in [-0.39, 0.29) is 4.90 Å². The average molecular weight is 498 g/mol. The van der Waals surface area contributed by atoms with E-state index in [0.29, 0.717) is 31.7 Å². The first-order chi connectivity index (χ1) is 14.2. The highest BCUT2D eigenvalue weighted by Gasteiger charge is 2.16. The van der Waals surface area contributed by atoms with Crippen LogP contribution in [-0.4, -0.2) is 18.4 Å². The van der Waals surface area contributed by atoms with E-state index >= 15 is 0 Å². The molecule has 0 saturated carbocycles. The van der Waals surface area contributed by atoms with Crippen molar-refractivity contribution in [1.82, 2.24) is 9.97 Å². The molecule has 0 bridgehead atoms. The van der Waals surface area contributed by atoms with Crippen LogP contribution in [0.4, 0.5) is 16.6 Å². The standard InChI is InChI=1S/C18H13Cl2N5O2S3/c19-9-1-6-12(13(20)7-9)14-8-28-17(24-14)15-16(21)25-18(29-15)23-10-2-4-11(5-3-10)30(22,26)27/h1-8H,21H2,(H,23,25)(H2,22,26,27). The summed E-state index contributed by atoms with van der Waals surface area (Å²) < 4.78 is 22.7. The van der Waals surface area contributed by atoms with E-state index in [1.807, 2.05) is 11.4 Å². The Bertz CT molecular complexity index is 1330. The summed E-state index contributed by atoms with van der Waals surface area (Å²) in [5.41, 5.74) is 8.24. The molecular formula is C18H13Cl2N5O2S3. The highest BCUT2D eigenvalue weighted by molar-refractivity contribution is 7.89. The summed E-state index contributed by atoms with van der Waals surface area (Å²) in [5, 5.41) is 12.4. The minimum Gasteiger partial charge on any atom is -0.382 e. The van der Waals surface area contributed by atoms with E-state index in [9.17, 15) is 8.42 Å². The fourth-order valence-electron chi connectivity index (χ4n) is 2.59. The topological polar surface area (TPSA) is 124 Å². The number of nitrogens with two attached hydrogens (primary N) is 2. The number of anilines is 3. The number of aromatic nitrogens is 2. The molecule has 4 rings (SSSR count). The van der Waals surface area contributed by atoms with E-state index in [0.717, 1.165) is 16.1 Å². The Labute approximate surface area is 190 Å². The Morgan fingerprint density at radius 1 is 1.03 bits per heavy atom. The molecule has 12 heteroatoms. The highest BCUT2D eigenvalue weighted by Crippen LogP contribution is 2.40. The predicted molar refractivity (Wildman–Crippen MR) is 124 cm³/mol. The van der Waals surface area contributed by atoms with Crippen molar-refractivity contribution in [2.75, 3.05) is 11.1 Å². The fraction of sp³-hybridized carbons (Fsp3) is 0. The number of halogens is 2. The Morgan fingerprint density at radius 2 is 1.77 bits per heavy atom. The third kappa shape index (κ3) is 4.43. The van der Waals surface area contributed by atoms with Gasteiger partial charge in [-0.2, -0.15) is 0 Å². The molecule has 0 aliphatic rings. The number of nitrogen functional groups attached to an aromatic ring is 1. The smallest absolute Gasteiger partial charge is 0.238 e. The largest absolute Gasteiger partial charge is 0.382 e. The molecule has 5 N–H and O–H groups in total. The third-order valence-corrected chi connectivity index (χ3v) is 7.45. The molecule has 0 radical (unpaired) electrons. The fourth-order valence-corrected chi connectivity index (χ4v) is 5.43. The first-order valence-corrected chi connectivity index (χ1v) is 12.3. The van der Waals surface area contributed by atoms with Crippen LogP contribution in [0.3, 0.4) is 0 Å². The first-order valence-electron chi connectivity index (χ1n) is 8.28. The number of hydrogen-bond acceptors (Lipinski definition) is 8. The van der Waals surface area contributed by atoms with Crippen LogP contribution >= 0.6 is 45.9 Å².